The van der Waals surface area contributed by atoms with Crippen LogP contribution in [0.5, 0.6) is 0 Å². The predicted molar refractivity (Wildman–Crippen MR) is 98.3 cm³/mol. The topological polar surface area (TPSA) is 67.9 Å². The Bertz CT molecular complexity index is 749. The Balaban J connectivity index is 1.64. The second-order valence-corrected chi connectivity index (χ2v) is 6.16. The molecule has 6 nitrogen and oxygen atoms in total. The van der Waals surface area contributed by atoms with Gasteiger partial charge in [0.25, 0.3) is 11.8 Å². The lowest BCUT2D eigenvalue weighted by atomic mass is 10.1. The second-order valence-electron chi connectivity index (χ2n) is 6.16. The first kappa shape index (κ1) is 18.1. The summed E-state index contributed by atoms with van der Waals surface area (Å²) in [5, 5.41) is 2.82. The lowest BCUT2D eigenvalue weighted by Crippen LogP contribution is -2.30. The smallest absolute Gasteiger partial charge is 0.255 e. The average Bonchev–Trinajstić information content (AvgIpc) is 3.12. The van der Waals surface area contributed by atoms with Crippen LogP contribution >= 0.6 is 0 Å². The van der Waals surface area contributed by atoms with E-state index in [9.17, 15) is 9.59 Å². The highest BCUT2D eigenvalue weighted by atomic mass is 16.5. The molecule has 1 aliphatic heterocycles. The first-order chi connectivity index (χ1) is 12.6. The van der Waals surface area contributed by atoms with Gasteiger partial charge in [0, 0.05) is 44.1 Å². The van der Waals surface area contributed by atoms with Gasteiger partial charge in [0.2, 0.25) is 0 Å². The number of likely N-dealkylation sites (tertiary alicyclic amines) is 1. The molecule has 136 valence electrons. The zero-order valence-corrected chi connectivity index (χ0v) is 14.8. The summed E-state index contributed by atoms with van der Waals surface area (Å²) < 4.78 is 10.7. The number of amides is 2. The van der Waals surface area contributed by atoms with E-state index in [1.165, 1.54) is 0 Å². The molecule has 0 aliphatic carbocycles. The van der Waals surface area contributed by atoms with Crippen LogP contribution < -0.4 is 5.32 Å². The third-order valence-electron chi connectivity index (χ3n) is 4.53. The van der Waals surface area contributed by atoms with Crippen molar-refractivity contribution in [2.75, 3.05) is 32.6 Å². The molecule has 2 aromatic rings. The van der Waals surface area contributed by atoms with E-state index in [0.29, 0.717) is 29.9 Å². The molecule has 6 heteroatoms. The van der Waals surface area contributed by atoms with Crippen LogP contribution in [0.2, 0.25) is 0 Å². The van der Waals surface area contributed by atoms with Gasteiger partial charge in [-0.3, -0.25) is 9.59 Å². The minimum Gasteiger partial charge on any atom is -0.377 e. The number of rotatable bonds is 5. The number of anilines is 1. The summed E-state index contributed by atoms with van der Waals surface area (Å²) in [5.41, 5.74) is 1.79. The van der Waals surface area contributed by atoms with Crippen molar-refractivity contribution in [2.45, 2.75) is 12.2 Å². The van der Waals surface area contributed by atoms with Crippen molar-refractivity contribution in [3.8, 4) is 0 Å². The molecule has 2 atom stereocenters. The normalized spacial score (nSPS) is 19.4. The standard InChI is InChI=1S/C20H22N2O4/c1-25-17-12-22(13-18(17)26-2)20(24)15-8-10-16(11-9-15)21-19(23)14-6-4-3-5-7-14/h3-11,17-18H,12-13H2,1-2H3,(H,21,23)/t17-,18-/m0/s1. The first-order valence-corrected chi connectivity index (χ1v) is 8.43. The van der Waals surface area contributed by atoms with E-state index >= 15 is 0 Å². The number of methoxy groups -OCH3 is 2. The summed E-state index contributed by atoms with van der Waals surface area (Å²) in [4.78, 5) is 26.5. The highest BCUT2D eigenvalue weighted by Crippen LogP contribution is 2.19. The van der Waals surface area contributed by atoms with Gasteiger partial charge in [0.05, 0.1) is 0 Å². The Morgan fingerprint density at radius 3 is 2.00 bits per heavy atom. The molecule has 1 N–H and O–H groups in total. The number of nitrogens with one attached hydrogen (secondary N) is 1. The lowest BCUT2D eigenvalue weighted by Gasteiger charge is -2.16. The van der Waals surface area contributed by atoms with E-state index in [4.69, 9.17) is 9.47 Å². The lowest BCUT2D eigenvalue weighted by molar-refractivity contribution is -0.00461. The van der Waals surface area contributed by atoms with E-state index in [1.807, 2.05) is 18.2 Å². The van der Waals surface area contributed by atoms with Crippen molar-refractivity contribution in [2.24, 2.45) is 0 Å². The van der Waals surface area contributed by atoms with E-state index in [2.05, 4.69) is 5.32 Å². The quantitative estimate of drug-likeness (QED) is 0.895. The van der Waals surface area contributed by atoms with Gasteiger partial charge in [-0.1, -0.05) is 18.2 Å². The summed E-state index contributed by atoms with van der Waals surface area (Å²) in [6, 6.07) is 15.9. The highest BCUT2D eigenvalue weighted by molar-refractivity contribution is 6.04. The molecule has 1 fully saturated rings. The Kier molecular flexibility index (Phi) is 5.65. The number of ether oxygens (including phenoxy) is 2. The summed E-state index contributed by atoms with van der Waals surface area (Å²) in [7, 11) is 3.24. The highest BCUT2D eigenvalue weighted by Gasteiger charge is 2.35. The third-order valence-corrected chi connectivity index (χ3v) is 4.53. The van der Waals surface area contributed by atoms with E-state index in [0.717, 1.165) is 0 Å². The van der Waals surface area contributed by atoms with Crippen molar-refractivity contribution < 1.29 is 19.1 Å². The van der Waals surface area contributed by atoms with Gasteiger partial charge in [-0.05, 0) is 36.4 Å². The minimum atomic E-state index is -0.185. The molecule has 26 heavy (non-hydrogen) atoms. The van der Waals surface area contributed by atoms with Crippen molar-refractivity contribution in [3.05, 3.63) is 65.7 Å². The van der Waals surface area contributed by atoms with Crippen LogP contribution in [0.25, 0.3) is 0 Å². The van der Waals surface area contributed by atoms with Crippen LogP contribution in [-0.4, -0.2) is 56.2 Å². The van der Waals surface area contributed by atoms with Gasteiger partial charge in [-0.15, -0.1) is 0 Å². The van der Waals surface area contributed by atoms with Crippen molar-refractivity contribution in [1.82, 2.24) is 4.90 Å². The van der Waals surface area contributed by atoms with Crippen LogP contribution in [0.1, 0.15) is 20.7 Å². The molecule has 3 rings (SSSR count). The molecule has 2 aromatic carbocycles. The maximum atomic E-state index is 12.7. The molecule has 0 radical (unpaired) electrons. The van der Waals surface area contributed by atoms with Crippen molar-refractivity contribution >= 4 is 17.5 Å². The second kappa shape index (κ2) is 8.12. The molecule has 0 saturated carbocycles. The Morgan fingerprint density at radius 2 is 1.46 bits per heavy atom. The van der Waals surface area contributed by atoms with Gasteiger partial charge in [-0.2, -0.15) is 0 Å². The van der Waals surface area contributed by atoms with Gasteiger partial charge in [0.1, 0.15) is 12.2 Å². The molecule has 1 heterocycles. The Hall–Kier alpha value is -2.70. The fourth-order valence-corrected chi connectivity index (χ4v) is 3.03. The van der Waals surface area contributed by atoms with Crippen LogP contribution in [0.3, 0.4) is 0 Å². The Labute approximate surface area is 152 Å². The monoisotopic (exact) mass is 354 g/mol. The fraction of sp³-hybridized carbons (Fsp3) is 0.300. The summed E-state index contributed by atoms with van der Waals surface area (Å²) >= 11 is 0. The molecule has 0 bridgehead atoms. The molecular weight excluding hydrogens is 332 g/mol. The molecule has 2 amide bonds. The van der Waals surface area contributed by atoms with E-state index in [-0.39, 0.29) is 24.0 Å². The van der Waals surface area contributed by atoms with Crippen molar-refractivity contribution in [1.29, 1.82) is 0 Å². The number of nitrogens with zero attached hydrogens (tertiary/aromatic N) is 1. The first-order valence-electron chi connectivity index (χ1n) is 8.43. The number of hydrogen-bond acceptors (Lipinski definition) is 4. The SMILES string of the molecule is CO[C@H]1CN(C(=O)c2ccc(NC(=O)c3ccccc3)cc2)C[C@@H]1OC. The molecule has 0 aromatic heterocycles. The molecule has 0 spiro atoms. The summed E-state index contributed by atoms with van der Waals surface area (Å²) in [5.74, 6) is -0.261. The van der Waals surface area contributed by atoms with Crippen molar-refractivity contribution in [3.63, 3.8) is 0 Å². The van der Waals surface area contributed by atoms with Crippen LogP contribution in [0.15, 0.2) is 54.6 Å². The zero-order valence-electron chi connectivity index (χ0n) is 14.8. The maximum Gasteiger partial charge on any atom is 0.255 e. The number of carbonyl (C=O) groups excluding carboxylic acids is 2. The minimum absolute atomic E-state index is 0.0764. The summed E-state index contributed by atoms with van der Waals surface area (Å²) in [6.07, 6.45) is -0.234. The number of hydrogen-bond donors (Lipinski definition) is 1. The van der Waals surface area contributed by atoms with Crippen LogP contribution in [0.4, 0.5) is 5.69 Å². The number of carbonyl (C=O) groups is 2. The molecule has 1 saturated heterocycles. The largest absolute Gasteiger partial charge is 0.377 e. The summed E-state index contributed by atoms with van der Waals surface area (Å²) in [6.45, 7) is 1.00. The Morgan fingerprint density at radius 1 is 0.885 bits per heavy atom. The third kappa shape index (κ3) is 3.92. The molecule has 0 unspecified atom stereocenters. The van der Waals surface area contributed by atoms with Gasteiger partial charge >= 0.3 is 0 Å². The number of benzene rings is 2. The maximum absolute atomic E-state index is 12.7. The molecule has 1 aliphatic rings. The van der Waals surface area contributed by atoms with E-state index in [1.54, 1.807) is 55.5 Å². The van der Waals surface area contributed by atoms with Gasteiger partial charge < -0.3 is 19.7 Å². The zero-order chi connectivity index (χ0) is 18.5. The van der Waals surface area contributed by atoms with E-state index < -0.39 is 0 Å². The van der Waals surface area contributed by atoms with Gasteiger partial charge in [0.15, 0.2) is 0 Å². The van der Waals surface area contributed by atoms with Gasteiger partial charge in [-0.25, -0.2) is 0 Å². The molecular formula is C20H22N2O4. The average molecular weight is 354 g/mol. The van der Waals surface area contributed by atoms with Crippen LogP contribution in [-0.2, 0) is 9.47 Å². The predicted octanol–water partition coefficient (Wildman–Crippen LogP) is 2.42. The fourth-order valence-electron chi connectivity index (χ4n) is 3.03. The van der Waals surface area contributed by atoms with Crippen LogP contribution in [0, 0.1) is 0 Å².